The first-order valence-electron chi connectivity index (χ1n) is 6.13. The summed E-state index contributed by atoms with van der Waals surface area (Å²) in [5.41, 5.74) is 3.26. The monoisotopic (exact) mass is 256 g/mol. The third kappa shape index (κ3) is 3.01. The van der Waals surface area contributed by atoms with Gasteiger partial charge in [-0.05, 0) is 29.2 Å². The Balaban J connectivity index is 2.51. The highest BCUT2D eigenvalue weighted by molar-refractivity contribution is 5.97. The number of benzene rings is 2. The van der Waals surface area contributed by atoms with Crippen LogP contribution in [0.5, 0.6) is 0 Å². The minimum atomic E-state index is -0.362. The molecule has 2 rings (SSSR count). The molecule has 0 spiro atoms. The predicted molar refractivity (Wildman–Crippen MR) is 74.0 cm³/mol. The molecule has 0 aliphatic heterocycles. The molecule has 98 valence electrons. The highest BCUT2D eigenvalue weighted by atomic mass is 16.5. The second-order valence-electron chi connectivity index (χ2n) is 4.21. The highest BCUT2D eigenvalue weighted by Crippen LogP contribution is 2.25. The number of rotatable bonds is 4. The fourth-order valence-corrected chi connectivity index (χ4v) is 2.02. The van der Waals surface area contributed by atoms with Gasteiger partial charge in [0.25, 0.3) is 0 Å². The van der Waals surface area contributed by atoms with Crippen molar-refractivity contribution >= 4 is 5.97 Å². The van der Waals surface area contributed by atoms with Crippen LogP contribution in [0.4, 0.5) is 0 Å². The summed E-state index contributed by atoms with van der Waals surface area (Å²) >= 11 is 0. The summed E-state index contributed by atoms with van der Waals surface area (Å²) < 4.78 is 4.83. The van der Waals surface area contributed by atoms with Crippen molar-refractivity contribution in [3.05, 3.63) is 59.7 Å². The van der Waals surface area contributed by atoms with Crippen LogP contribution in [0.15, 0.2) is 48.5 Å². The van der Waals surface area contributed by atoms with Gasteiger partial charge in [-0.3, -0.25) is 0 Å². The van der Waals surface area contributed by atoms with Gasteiger partial charge in [0.05, 0.1) is 12.7 Å². The lowest BCUT2D eigenvalue weighted by atomic mass is 9.96. The molecule has 1 N–H and O–H groups in total. The summed E-state index contributed by atoms with van der Waals surface area (Å²) in [5, 5.41) is 8.98. The third-order valence-corrected chi connectivity index (χ3v) is 2.97. The number of methoxy groups -OCH3 is 1. The number of ether oxygens (including phenoxy) is 1. The van der Waals surface area contributed by atoms with Crippen LogP contribution >= 0.6 is 0 Å². The maximum atomic E-state index is 11.9. The molecule has 0 saturated heterocycles. The van der Waals surface area contributed by atoms with Gasteiger partial charge in [0, 0.05) is 6.61 Å². The fourth-order valence-electron chi connectivity index (χ4n) is 2.02. The maximum Gasteiger partial charge on any atom is 0.338 e. The van der Waals surface area contributed by atoms with Crippen molar-refractivity contribution in [3.8, 4) is 11.1 Å². The Bertz CT molecular complexity index is 561. The zero-order chi connectivity index (χ0) is 13.7. The summed E-state index contributed by atoms with van der Waals surface area (Å²) in [7, 11) is 1.37. The molecule has 0 bridgehead atoms. The average Bonchev–Trinajstić information content (AvgIpc) is 2.47. The van der Waals surface area contributed by atoms with E-state index in [4.69, 9.17) is 9.84 Å². The zero-order valence-electron chi connectivity index (χ0n) is 10.8. The van der Waals surface area contributed by atoms with E-state index in [2.05, 4.69) is 0 Å². The fraction of sp³-hybridized carbons (Fsp3) is 0.188. The third-order valence-electron chi connectivity index (χ3n) is 2.97. The molecule has 0 heterocycles. The number of aliphatic hydroxyl groups is 1. The predicted octanol–water partition coefficient (Wildman–Crippen LogP) is 2.68. The molecule has 0 aliphatic carbocycles. The second-order valence-corrected chi connectivity index (χ2v) is 4.21. The van der Waals surface area contributed by atoms with Crippen LogP contribution in [0.25, 0.3) is 11.1 Å². The molecule has 2 aromatic carbocycles. The van der Waals surface area contributed by atoms with E-state index in [9.17, 15) is 4.79 Å². The van der Waals surface area contributed by atoms with Crippen LogP contribution in [-0.2, 0) is 11.2 Å². The topological polar surface area (TPSA) is 46.5 Å². The lowest BCUT2D eigenvalue weighted by Gasteiger charge is -2.10. The molecule has 2 aromatic rings. The summed E-state index contributed by atoms with van der Waals surface area (Å²) in [6.45, 7) is 0.0608. The molecule has 0 fully saturated rings. The molecule has 3 heteroatoms. The molecule has 3 nitrogen and oxygen atoms in total. The van der Waals surface area contributed by atoms with Gasteiger partial charge in [0.15, 0.2) is 0 Å². The summed E-state index contributed by atoms with van der Waals surface area (Å²) in [6.07, 6.45) is 0.527. The molecule has 0 saturated carbocycles. The van der Waals surface area contributed by atoms with E-state index >= 15 is 0 Å². The largest absolute Gasteiger partial charge is 0.465 e. The zero-order valence-corrected chi connectivity index (χ0v) is 10.8. The van der Waals surface area contributed by atoms with E-state index in [1.54, 1.807) is 6.07 Å². The number of carbonyl (C=O) groups is 1. The van der Waals surface area contributed by atoms with E-state index < -0.39 is 0 Å². The molecule has 0 amide bonds. The first-order valence-corrected chi connectivity index (χ1v) is 6.13. The van der Waals surface area contributed by atoms with E-state index in [1.165, 1.54) is 7.11 Å². The van der Waals surface area contributed by atoms with Gasteiger partial charge in [-0.1, -0.05) is 42.5 Å². The normalized spacial score (nSPS) is 10.2. The summed E-state index contributed by atoms with van der Waals surface area (Å²) in [6, 6.07) is 15.3. The quantitative estimate of drug-likeness (QED) is 0.855. The van der Waals surface area contributed by atoms with Crippen molar-refractivity contribution in [2.24, 2.45) is 0 Å². The molecular formula is C16H16O3. The first-order chi connectivity index (χ1) is 9.26. The molecule has 0 atom stereocenters. The van der Waals surface area contributed by atoms with Crippen LogP contribution in [0.2, 0.25) is 0 Å². The second kappa shape index (κ2) is 6.16. The number of esters is 1. The maximum absolute atomic E-state index is 11.9. The SMILES string of the molecule is COC(=O)c1cc(CCO)ccc1-c1ccccc1. The Morgan fingerprint density at radius 1 is 1.16 bits per heavy atom. The Labute approximate surface area is 112 Å². The van der Waals surface area contributed by atoms with Crippen LogP contribution in [0.3, 0.4) is 0 Å². The number of hydrogen-bond donors (Lipinski definition) is 1. The van der Waals surface area contributed by atoms with Gasteiger partial charge in [0.1, 0.15) is 0 Å². The lowest BCUT2D eigenvalue weighted by molar-refractivity contribution is 0.0601. The van der Waals surface area contributed by atoms with Gasteiger partial charge in [-0.25, -0.2) is 4.79 Å². The number of carbonyl (C=O) groups excluding carboxylic acids is 1. The molecule has 0 unspecified atom stereocenters. The van der Waals surface area contributed by atoms with E-state index in [0.717, 1.165) is 16.7 Å². The first kappa shape index (κ1) is 13.3. The van der Waals surface area contributed by atoms with Crippen LogP contribution in [-0.4, -0.2) is 24.8 Å². The van der Waals surface area contributed by atoms with E-state index in [0.29, 0.717) is 12.0 Å². The van der Waals surface area contributed by atoms with Crippen molar-refractivity contribution in [1.29, 1.82) is 0 Å². The molecule has 0 radical (unpaired) electrons. The van der Waals surface area contributed by atoms with Gasteiger partial charge < -0.3 is 9.84 Å². The Morgan fingerprint density at radius 3 is 2.53 bits per heavy atom. The lowest BCUT2D eigenvalue weighted by Crippen LogP contribution is -2.05. The van der Waals surface area contributed by atoms with Crippen LogP contribution < -0.4 is 0 Å². The van der Waals surface area contributed by atoms with Crippen LogP contribution in [0, 0.1) is 0 Å². The highest BCUT2D eigenvalue weighted by Gasteiger charge is 2.13. The van der Waals surface area contributed by atoms with Gasteiger partial charge >= 0.3 is 5.97 Å². The Morgan fingerprint density at radius 2 is 1.89 bits per heavy atom. The standard InChI is InChI=1S/C16H16O3/c1-19-16(18)15-11-12(9-10-17)7-8-14(15)13-5-3-2-4-6-13/h2-8,11,17H,9-10H2,1H3. The summed E-state index contributed by atoms with van der Waals surface area (Å²) in [4.78, 5) is 11.9. The average molecular weight is 256 g/mol. The van der Waals surface area contributed by atoms with E-state index in [-0.39, 0.29) is 12.6 Å². The van der Waals surface area contributed by atoms with Gasteiger partial charge in [0.2, 0.25) is 0 Å². The molecule has 19 heavy (non-hydrogen) atoms. The summed E-state index contributed by atoms with van der Waals surface area (Å²) in [5.74, 6) is -0.362. The van der Waals surface area contributed by atoms with Gasteiger partial charge in [-0.15, -0.1) is 0 Å². The van der Waals surface area contributed by atoms with Crippen molar-refractivity contribution in [3.63, 3.8) is 0 Å². The Hall–Kier alpha value is -2.13. The van der Waals surface area contributed by atoms with Crippen molar-refractivity contribution < 1.29 is 14.6 Å². The van der Waals surface area contributed by atoms with Crippen molar-refractivity contribution in [2.75, 3.05) is 13.7 Å². The molecule has 0 aliphatic rings. The number of hydrogen-bond acceptors (Lipinski definition) is 3. The smallest absolute Gasteiger partial charge is 0.338 e. The van der Waals surface area contributed by atoms with Crippen molar-refractivity contribution in [1.82, 2.24) is 0 Å². The van der Waals surface area contributed by atoms with E-state index in [1.807, 2.05) is 42.5 Å². The Kier molecular flexibility index (Phi) is 4.31. The van der Waals surface area contributed by atoms with Gasteiger partial charge in [-0.2, -0.15) is 0 Å². The molecule has 0 aromatic heterocycles. The minimum Gasteiger partial charge on any atom is -0.465 e. The van der Waals surface area contributed by atoms with Crippen LogP contribution in [0.1, 0.15) is 15.9 Å². The minimum absolute atomic E-state index is 0.0608. The number of aliphatic hydroxyl groups excluding tert-OH is 1. The molecular weight excluding hydrogens is 240 g/mol. The van der Waals surface area contributed by atoms with Crippen molar-refractivity contribution in [2.45, 2.75) is 6.42 Å².